The Morgan fingerprint density at radius 2 is 1.47 bits per heavy atom. The number of hydrogen-bond acceptors (Lipinski definition) is 6. The Kier molecular flexibility index (Phi) is 10.00. The highest BCUT2D eigenvalue weighted by atomic mass is 19.1. The van der Waals surface area contributed by atoms with Crippen LogP contribution in [0, 0.1) is 11.7 Å². The maximum Gasteiger partial charge on any atom is 0.254 e. The fourth-order valence-corrected chi connectivity index (χ4v) is 7.27. The number of halogens is 1. The number of benzene rings is 2. The third-order valence-electron chi connectivity index (χ3n) is 10.0. The van der Waals surface area contributed by atoms with E-state index in [0.29, 0.717) is 43.3 Å². The molecule has 0 aromatic heterocycles. The first-order valence-electron chi connectivity index (χ1n) is 16.8. The lowest BCUT2D eigenvalue weighted by molar-refractivity contribution is -0.122. The van der Waals surface area contributed by atoms with Crippen molar-refractivity contribution < 1.29 is 23.5 Å². The summed E-state index contributed by atoms with van der Waals surface area (Å²) in [7, 11) is 1.64. The van der Waals surface area contributed by atoms with E-state index in [4.69, 9.17) is 4.74 Å². The Morgan fingerprint density at radius 1 is 0.800 bits per heavy atom. The molecule has 2 N–H and O–H groups in total. The topological polar surface area (TPSA) is 94.2 Å². The van der Waals surface area contributed by atoms with E-state index in [2.05, 4.69) is 10.6 Å². The van der Waals surface area contributed by atoms with Crippen molar-refractivity contribution in [2.45, 2.75) is 63.4 Å². The molecular formula is C35H46FN5O4. The van der Waals surface area contributed by atoms with Gasteiger partial charge >= 0.3 is 0 Å². The van der Waals surface area contributed by atoms with Gasteiger partial charge in [-0.05, 0) is 99.6 Å². The van der Waals surface area contributed by atoms with E-state index in [9.17, 15) is 18.8 Å². The van der Waals surface area contributed by atoms with Crippen LogP contribution < -0.4 is 20.3 Å². The highest BCUT2D eigenvalue weighted by Gasteiger charge is 2.30. The van der Waals surface area contributed by atoms with E-state index in [-0.39, 0.29) is 35.3 Å². The van der Waals surface area contributed by atoms with E-state index in [0.717, 1.165) is 69.6 Å². The minimum Gasteiger partial charge on any atom is -0.489 e. The van der Waals surface area contributed by atoms with Crippen LogP contribution in [-0.2, 0) is 4.79 Å². The molecule has 2 aromatic rings. The van der Waals surface area contributed by atoms with Crippen LogP contribution in [0.3, 0.4) is 0 Å². The van der Waals surface area contributed by atoms with Crippen molar-refractivity contribution in [1.29, 1.82) is 0 Å². The van der Waals surface area contributed by atoms with Crippen molar-refractivity contribution in [3.8, 4) is 5.75 Å². The van der Waals surface area contributed by atoms with E-state index < -0.39 is 5.82 Å². The predicted octanol–water partition coefficient (Wildman–Crippen LogP) is 4.17. The minimum atomic E-state index is -0.556. The average Bonchev–Trinajstić information content (AvgIpc) is 3.61. The summed E-state index contributed by atoms with van der Waals surface area (Å²) < 4.78 is 21.1. The van der Waals surface area contributed by atoms with Gasteiger partial charge in [-0.2, -0.15) is 0 Å². The lowest BCUT2D eigenvalue weighted by atomic mass is 9.83. The number of amides is 3. The molecule has 3 saturated heterocycles. The number of nitrogens with zero attached hydrogens (tertiary/aromatic N) is 3. The highest BCUT2D eigenvalue weighted by Crippen LogP contribution is 2.39. The normalized spacial score (nSPS) is 21.5. The SMILES string of the molecule is CN(C(=O)C1CCNCC1)c1cc(F)cc(C(=O)N2CCN(C(=O)c3ccc(OC4CCNC4)c(C4CCCCC4)c3)CC2)c1. The van der Waals surface area contributed by atoms with Gasteiger partial charge in [0.25, 0.3) is 11.8 Å². The molecule has 3 heterocycles. The van der Waals surface area contributed by atoms with E-state index in [1.807, 2.05) is 18.2 Å². The highest BCUT2D eigenvalue weighted by molar-refractivity contribution is 5.99. The Hall–Kier alpha value is -3.50. The number of hydrogen-bond donors (Lipinski definition) is 2. The molecule has 4 aliphatic rings. The second kappa shape index (κ2) is 14.3. The van der Waals surface area contributed by atoms with Crippen LogP contribution >= 0.6 is 0 Å². The summed E-state index contributed by atoms with van der Waals surface area (Å²) in [6, 6.07) is 10.0. The molecule has 242 valence electrons. The zero-order valence-electron chi connectivity index (χ0n) is 26.4. The van der Waals surface area contributed by atoms with Crippen LogP contribution in [0.4, 0.5) is 10.1 Å². The number of nitrogens with one attached hydrogen (secondary N) is 2. The maximum absolute atomic E-state index is 14.7. The van der Waals surface area contributed by atoms with Gasteiger partial charge in [-0.3, -0.25) is 14.4 Å². The molecule has 6 rings (SSSR count). The van der Waals surface area contributed by atoms with Crippen molar-refractivity contribution in [3.63, 3.8) is 0 Å². The summed E-state index contributed by atoms with van der Waals surface area (Å²) in [5.41, 5.74) is 2.39. The van der Waals surface area contributed by atoms with Crippen molar-refractivity contribution in [3.05, 3.63) is 58.9 Å². The number of ether oxygens (including phenoxy) is 1. The molecule has 1 aliphatic carbocycles. The van der Waals surface area contributed by atoms with Crippen LogP contribution in [-0.4, -0.2) is 93.0 Å². The molecule has 3 amide bonds. The van der Waals surface area contributed by atoms with Gasteiger partial charge in [-0.15, -0.1) is 0 Å². The second-order valence-corrected chi connectivity index (χ2v) is 13.0. The Morgan fingerprint density at radius 3 is 2.13 bits per heavy atom. The predicted molar refractivity (Wildman–Crippen MR) is 171 cm³/mol. The zero-order chi connectivity index (χ0) is 31.3. The molecule has 10 heteroatoms. The Bertz CT molecular complexity index is 1380. The lowest BCUT2D eigenvalue weighted by Crippen LogP contribution is -2.50. The second-order valence-electron chi connectivity index (χ2n) is 13.0. The first kappa shape index (κ1) is 31.5. The number of piperidine rings is 1. The standard InChI is InChI=1S/C35H46FN5O4/c1-39(33(42)25-9-12-37-13-10-25)29-20-27(19-28(36)22-29)35(44)41-17-15-40(16-18-41)34(43)26-7-8-32(45-30-11-14-38-23-30)31(21-26)24-5-3-2-4-6-24/h7-8,19-22,24-25,30,37-38H,2-6,9-18,23H2,1H3. The fourth-order valence-electron chi connectivity index (χ4n) is 7.27. The molecule has 1 saturated carbocycles. The smallest absolute Gasteiger partial charge is 0.254 e. The largest absolute Gasteiger partial charge is 0.489 e. The van der Waals surface area contributed by atoms with E-state index in [1.165, 1.54) is 36.3 Å². The number of rotatable bonds is 7. The van der Waals surface area contributed by atoms with Crippen LogP contribution in [0.25, 0.3) is 0 Å². The number of carbonyl (C=O) groups excluding carboxylic acids is 3. The van der Waals surface area contributed by atoms with Gasteiger partial charge in [0.15, 0.2) is 0 Å². The summed E-state index contributed by atoms with van der Waals surface area (Å²) in [5, 5.41) is 6.62. The quantitative estimate of drug-likeness (QED) is 0.483. The summed E-state index contributed by atoms with van der Waals surface area (Å²) in [4.78, 5) is 45.1. The number of piperazine rings is 1. The van der Waals surface area contributed by atoms with Crippen molar-refractivity contribution in [2.24, 2.45) is 5.92 Å². The van der Waals surface area contributed by atoms with Crippen molar-refractivity contribution in [1.82, 2.24) is 20.4 Å². The molecule has 1 unspecified atom stereocenters. The van der Waals surface area contributed by atoms with Gasteiger partial charge in [-0.1, -0.05) is 19.3 Å². The number of anilines is 1. The molecular weight excluding hydrogens is 573 g/mol. The lowest BCUT2D eigenvalue weighted by Gasteiger charge is -2.35. The first-order chi connectivity index (χ1) is 21.9. The summed E-state index contributed by atoms with van der Waals surface area (Å²) in [5.74, 6) is 0.230. The third-order valence-corrected chi connectivity index (χ3v) is 10.0. The fraction of sp³-hybridized carbons (Fsp3) is 0.571. The molecule has 1 atom stereocenters. The van der Waals surface area contributed by atoms with Gasteiger partial charge < -0.3 is 30.1 Å². The third kappa shape index (κ3) is 7.33. The van der Waals surface area contributed by atoms with Crippen molar-refractivity contribution >= 4 is 23.4 Å². The van der Waals surface area contributed by atoms with Gasteiger partial charge in [0.05, 0.1) is 0 Å². The molecule has 2 aromatic carbocycles. The average molecular weight is 620 g/mol. The maximum atomic E-state index is 14.7. The van der Waals surface area contributed by atoms with E-state index in [1.54, 1.807) is 22.9 Å². The van der Waals surface area contributed by atoms with Crippen LogP contribution in [0.1, 0.15) is 83.6 Å². The Labute approximate surface area is 265 Å². The summed E-state index contributed by atoms with van der Waals surface area (Å²) in [6.07, 6.45) is 8.49. The zero-order valence-corrected chi connectivity index (χ0v) is 26.4. The molecule has 3 aliphatic heterocycles. The first-order valence-corrected chi connectivity index (χ1v) is 16.8. The van der Waals surface area contributed by atoms with Gasteiger partial charge in [0, 0.05) is 62.5 Å². The summed E-state index contributed by atoms with van der Waals surface area (Å²) in [6.45, 7) is 4.87. The van der Waals surface area contributed by atoms with Crippen LogP contribution in [0.5, 0.6) is 5.75 Å². The molecule has 0 bridgehead atoms. The van der Waals surface area contributed by atoms with Gasteiger partial charge in [-0.25, -0.2) is 4.39 Å². The molecule has 45 heavy (non-hydrogen) atoms. The molecule has 0 radical (unpaired) electrons. The van der Waals surface area contributed by atoms with Gasteiger partial charge in [0.1, 0.15) is 17.7 Å². The minimum absolute atomic E-state index is 0.0423. The van der Waals surface area contributed by atoms with Crippen LogP contribution in [0.2, 0.25) is 0 Å². The number of carbonyl (C=O) groups is 3. The molecule has 9 nitrogen and oxygen atoms in total. The molecule has 4 fully saturated rings. The van der Waals surface area contributed by atoms with Crippen molar-refractivity contribution in [2.75, 3.05) is 64.3 Å². The van der Waals surface area contributed by atoms with Crippen LogP contribution in [0.15, 0.2) is 36.4 Å². The summed E-state index contributed by atoms with van der Waals surface area (Å²) >= 11 is 0. The van der Waals surface area contributed by atoms with Gasteiger partial charge in [0.2, 0.25) is 5.91 Å². The Balaban J connectivity index is 1.10. The van der Waals surface area contributed by atoms with E-state index >= 15 is 0 Å². The molecule has 0 spiro atoms. The monoisotopic (exact) mass is 619 g/mol.